The number of ether oxygens (including phenoxy) is 1. The van der Waals surface area contributed by atoms with E-state index in [1.54, 1.807) is 12.1 Å². The number of amides is 1. The summed E-state index contributed by atoms with van der Waals surface area (Å²) in [4.78, 5) is 12.0. The van der Waals surface area contributed by atoms with Crippen molar-refractivity contribution >= 4 is 5.91 Å². The summed E-state index contributed by atoms with van der Waals surface area (Å²) < 4.78 is 18.9. The van der Waals surface area contributed by atoms with Crippen LogP contribution in [0.4, 0.5) is 4.39 Å². The SMILES string of the molecule is Cc1ccc(F)c(C(=O)NCC2(C)CCOCC2)c1. The first-order chi connectivity index (χ1) is 9.00. The molecule has 1 aliphatic heterocycles. The van der Waals surface area contributed by atoms with Crippen molar-refractivity contribution in [2.24, 2.45) is 5.41 Å². The molecule has 19 heavy (non-hydrogen) atoms. The van der Waals surface area contributed by atoms with Crippen LogP contribution in [-0.2, 0) is 4.74 Å². The fraction of sp³-hybridized carbons (Fsp3) is 0.533. The Morgan fingerprint density at radius 1 is 1.42 bits per heavy atom. The number of hydrogen-bond acceptors (Lipinski definition) is 2. The molecule has 1 aliphatic rings. The van der Waals surface area contributed by atoms with Crippen LogP contribution in [0.5, 0.6) is 0 Å². The molecule has 3 nitrogen and oxygen atoms in total. The van der Waals surface area contributed by atoms with Gasteiger partial charge in [-0.1, -0.05) is 18.6 Å². The molecule has 0 aromatic heterocycles. The van der Waals surface area contributed by atoms with E-state index >= 15 is 0 Å². The second-order valence-electron chi connectivity index (χ2n) is 5.59. The van der Waals surface area contributed by atoms with Gasteiger partial charge in [-0.2, -0.15) is 0 Å². The molecule has 0 radical (unpaired) electrons. The summed E-state index contributed by atoms with van der Waals surface area (Å²) in [6, 6.07) is 4.57. The predicted molar refractivity (Wildman–Crippen MR) is 71.6 cm³/mol. The van der Waals surface area contributed by atoms with Crippen molar-refractivity contribution in [1.29, 1.82) is 0 Å². The Balaban J connectivity index is 1.99. The normalized spacial score (nSPS) is 18.1. The van der Waals surface area contributed by atoms with Crippen LogP contribution in [0.15, 0.2) is 18.2 Å². The number of carbonyl (C=O) groups is 1. The zero-order valence-electron chi connectivity index (χ0n) is 11.5. The van der Waals surface area contributed by atoms with Crippen LogP contribution < -0.4 is 5.32 Å². The minimum atomic E-state index is -0.472. The maximum atomic E-state index is 13.6. The van der Waals surface area contributed by atoms with Gasteiger partial charge in [-0.25, -0.2) is 4.39 Å². The van der Waals surface area contributed by atoms with Gasteiger partial charge in [-0.05, 0) is 37.3 Å². The molecule has 1 aromatic carbocycles. The maximum absolute atomic E-state index is 13.6. The van der Waals surface area contributed by atoms with E-state index in [2.05, 4.69) is 12.2 Å². The van der Waals surface area contributed by atoms with Crippen molar-refractivity contribution in [2.75, 3.05) is 19.8 Å². The summed E-state index contributed by atoms with van der Waals surface area (Å²) >= 11 is 0. The fourth-order valence-electron chi connectivity index (χ4n) is 2.24. The summed E-state index contributed by atoms with van der Waals surface area (Å²) in [7, 11) is 0. The Bertz CT molecular complexity index is 467. The highest BCUT2D eigenvalue weighted by atomic mass is 19.1. The lowest BCUT2D eigenvalue weighted by Crippen LogP contribution is -2.39. The topological polar surface area (TPSA) is 38.3 Å². The third-order valence-corrected chi connectivity index (χ3v) is 3.74. The van der Waals surface area contributed by atoms with Crippen LogP contribution >= 0.6 is 0 Å². The molecule has 0 saturated carbocycles. The van der Waals surface area contributed by atoms with Crippen molar-refractivity contribution < 1.29 is 13.9 Å². The highest BCUT2D eigenvalue weighted by Gasteiger charge is 2.28. The molecule has 0 aliphatic carbocycles. The standard InChI is InChI=1S/C15H20FNO2/c1-11-3-4-13(16)12(9-11)14(18)17-10-15(2)5-7-19-8-6-15/h3-4,9H,5-8,10H2,1-2H3,(H,17,18). The second-order valence-corrected chi connectivity index (χ2v) is 5.59. The Labute approximate surface area is 113 Å². The minimum absolute atomic E-state index is 0.0498. The lowest BCUT2D eigenvalue weighted by Gasteiger charge is -2.33. The van der Waals surface area contributed by atoms with E-state index in [9.17, 15) is 9.18 Å². The number of carbonyl (C=O) groups excluding carboxylic acids is 1. The number of nitrogens with one attached hydrogen (secondary N) is 1. The monoisotopic (exact) mass is 265 g/mol. The van der Waals surface area contributed by atoms with Crippen LogP contribution in [0.2, 0.25) is 0 Å². The molecule has 1 fully saturated rings. The van der Waals surface area contributed by atoms with Gasteiger partial charge in [0.1, 0.15) is 5.82 Å². The summed E-state index contributed by atoms with van der Waals surface area (Å²) in [5.41, 5.74) is 1.05. The molecule has 1 amide bonds. The molecule has 1 N–H and O–H groups in total. The van der Waals surface area contributed by atoms with Gasteiger partial charge in [0.05, 0.1) is 5.56 Å². The van der Waals surface area contributed by atoms with Crippen LogP contribution in [-0.4, -0.2) is 25.7 Å². The number of benzene rings is 1. The average molecular weight is 265 g/mol. The Hall–Kier alpha value is -1.42. The average Bonchev–Trinajstić information content (AvgIpc) is 2.40. The van der Waals surface area contributed by atoms with Crippen LogP contribution in [0.3, 0.4) is 0 Å². The molecule has 1 heterocycles. The molecule has 1 saturated heterocycles. The number of aryl methyl sites for hydroxylation is 1. The Morgan fingerprint density at radius 2 is 2.11 bits per heavy atom. The predicted octanol–water partition coefficient (Wildman–Crippen LogP) is 2.68. The molecular formula is C15H20FNO2. The van der Waals surface area contributed by atoms with Gasteiger partial charge in [0, 0.05) is 19.8 Å². The largest absolute Gasteiger partial charge is 0.381 e. The zero-order chi connectivity index (χ0) is 13.9. The number of hydrogen-bond donors (Lipinski definition) is 1. The van der Waals surface area contributed by atoms with Crippen molar-refractivity contribution in [3.63, 3.8) is 0 Å². The van der Waals surface area contributed by atoms with E-state index in [-0.39, 0.29) is 16.9 Å². The summed E-state index contributed by atoms with van der Waals surface area (Å²) in [5, 5.41) is 2.84. The van der Waals surface area contributed by atoms with E-state index in [1.165, 1.54) is 6.07 Å². The third-order valence-electron chi connectivity index (χ3n) is 3.74. The van der Waals surface area contributed by atoms with Gasteiger partial charge in [-0.15, -0.1) is 0 Å². The number of halogens is 1. The molecular weight excluding hydrogens is 245 g/mol. The molecule has 0 unspecified atom stereocenters. The van der Waals surface area contributed by atoms with Gasteiger partial charge in [0.2, 0.25) is 0 Å². The first kappa shape index (κ1) is 14.0. The summed E-state index contributed by atoms with van der Waals surface area (Å²) in [6.07, 6.45) is 1.84. The van der Waals surface area contributed by atoms with Crippen molar-refractivity contribution in [3.8, 4) is 0 Å². The van der Waals surface area contributed by atoms with Gasteiger partial charge in [0.25, 0.3) is 5.91 Å². The van der Waals surface area contributed by atoms with E-state index in [0.717, 1.165) is 31.6 Å². The smallest absolute Gasteiger partial charge is 0.254 e. The maximum Gasteiger partial charge on any atom is 0.254 e. The van der Waals surface area contributed by atoms with Gasteiger partial charge in [0.15, 0.2) is 0 Å². The molecule has 0 spiro atoms. The molecule has 4 heteroatoms. The van der Waals surface area contributed by atoms with Gasteiger partial charge < -0.3 is 10.1 Å². The van der Waals surface area contributed by atoms with Crippen LogP contribution in [0.1, 0.15) is 35.7 Å². The summed E-state index contributed by atoms with van der Waals surface area (Å²) in [6.45, 7) is 5.98. The van der Waals surface area contributed by atoms with Crippen LogP contribution in [0.25, 0.3) is 0 Å². The lowest BCUT2D eigenvalue weighted by atomic mass is 9.82. The first-order valence-corrected chi connectivity index (χ1v) is 6.62. The zero-order valence-corrected chi connectivity index (χ0v) is 11.5. The first-order valence-electron chi connectivity index (χ1n) is 6.62. The quantitative estimate of drug-likeness (QED) is 0.912. The lowest BCUT2D eigenvalue weighted by molar-refractivity contribution is 0.0238. The molecule has 2 rings (SSSR count). The van der Waals surface area contributed by atoms with Crippen molar-refractivity contribution in [2.45, 2.75) is 26.7 Å². The Morgan fingerprint density at radius 3 is 2.79 bits per heavy atom. The van der Waals surface area contributed by atoms with E-state index < -0.39 is 5.82 Å². The highest BCUT2D eigenvalue weighted by molar-refractivity contribution is 5.94. The van der Waals surface area contributed by atoms with Crippen molar-refractivity contribution in [3.05, 3.63) is 35.1 Å². The summed E-state index contributed by atoms with van der Waals surface area (Å²) in [5.74, 6) is -0.811. The Kier molecular flexibility index (Phi) is 4.20. The fourth-order valence-corrected chi connectivity index (χ4v) is 2.24. The third kappa shape index (κ3) is 3.53. The molecule has 0 atom stereocenters. The van der Waals surface area contributed by atoms with Crippen molar-refractivity contribution in [1.82, 2.24) is 5.32 Å². The minimum Gasteiger partial charge on any atom is -0.381 e. The molecule has 0 bridgehead atoms. The van der Waals surface area contributed by atoms with Crippen LogP contribution in [0, 0.1) is 18.2 Å². The number of rotatable bonds is 3. The van der Waals surface area contributed by atoms with E-state index in [1.807, 2.05) is 6.92 Å². The molecule has 104 valence electrons. The second kappa shape index (κ2) is 5.70. The molecule has 1 aromatic rings. The highest BCUT2D eigenvalue weighted by Crippen LogP contribution is 2.28. The van der Waals surface area contributed by atoms with Gasteiger partial charge in [-0.3, -0.25) is 4.79 Å². The van der Waals surface area contributed by atoms with E-state index in [4.69, 9.17) is 4.74 Å². The van der Waals surface area contributed by atoms with E-state index in [0.29, 0.717) is 6.54 Å². The van der Waals surface area contributed by atoms with Gasteiger partial charge >= 0.3 is 0 Å².